The van der Waals surface area contributed by atoms with E-state index in [-0.39, 0.29) is 11.9 Å². The normalized spacial score (nSPS) is 15.8. The summed E-state index contributed by atoms with van der Waals surface area (Å²) >= 11 is 7.21. The van der Waals surface area contributed by atoms with E-state index < -0.39 is 0 Å². The SMILES string of the molecule is O=C(CCC1CC(c2ccc(Nc3ccncc3)cc2)=NO1)c1ccc(Cl)s1. The molecule has 0 radical (unpaired) electrons. The molecule has 0 bridgehead atoms. The molecule has 1 aromatic carbocycles. The number of nitrogens with zero attached hydrogens (tertiary/aromatic N) is 2. The number of anilines is 2. The summed E-state index contributed by atoms with van der Waals surface area (Å²) in [7, 11) is 0. The Bertz CT molecular complexity index is 986. The minimum Gasteiger partial charge on any atom is -0.392 e. The van der Waals surface area contributed by atoms with Crippen LogP contribution in [0.2, 0.25) is 4.34 Å². The number of ketones is 1. The Hall–Kier alpha value is -2.70. The monoisotopic (exact) mass is 411 g/mol. The van der Waals surface area contributed by atoms with Crippen LogP contribution in [0.15, 0.2) is 66.1 Å². The molecule has 0 saturated carbocycles. The smallest absolute Gasteiger partial charge is 0.172 e. The van der Waals surface area contributed by atoms with Crippen molar-refractivity contribution in [1.82, 2.24) is 4.98 Å². The molecule has 2 aromatic heterocycles. The molecule has 0 fully saturated rings. The highest BCUT2D eigenvalue weighted by Crippen LogP contribution is 2.26. The summed E-state index contributed by atoms with van der Waals surface area (Å²) in [6, 6.07) is 15.4. The fourth-order valence-corrected chi connectivity index (χ4v) is 3.99. The van der Waals surface area contributed by atoms with Gasteiger partial charge in [0, 0.05) is 36.6 Å². The van der Waals surface area contributed by atoms with E-state index in [0.29, 0.717) is 28.5 Å². The number of benzene rings is 1. The van der Waals surface area contributed by atoms with Crippen molar-refractivity contribution in [3.05, 3.63) is 75.7 Å². The van der Waals surface area contributed by atoms with Crippen LogP contribution < -0.4 is 5.32 Å². The summed E-state index contributed by atoms with van der Waals surface area (Å²) in [5.74, 6) is 0.0977. The molecule has 142 valence electrons. The summed E-state index contributed by atoms with van der Waals surface area (Å²) < 4.78 is 0.632. The third-order valence-electron chi connectivity index (χ3n) is 4.46. The molecular weight excluding hydrogens is 394 g/mol. The zero-order valence-electron chi connectivity index (χ0n) is 15.0. The van der Waals surface area contributed by atoms with Crippen molar-refractivity contribution < 1.29 is 9.63 Å². The number of halogens is 1. The lowest BCUT2D eigenvalue weighted by molar-refractivity contribution is 0.0720. The van der Waals surface area contributed by atoms with E-state index in [4.69, 9.17) is 16.4 Å². The van der Waals surface area contributed by atoms with Gasteiger partial charge < -0.3 is 10.2 Å². The Morgan fingerprint density at radius 1 is 1.11 bits per heavy atom. The standard InChI is InChI=1S/C21H18ClN3O2S/c22-21-8-7-20(28-21)19(26)6-5-17-13-18(25-27-17)14-1-3-15(4-2-14)24-16-9-11-23-12-10-16/h1-4,7-12,17H,5-6,13H2,(H,23,24). The van der Waals surface area contributed by atoms with Gasteiger partial charge in [0.15, 0.2) is 5.78 Å². The van der Waals surface area contributed by atoms with Crippen LogP contribution in [0.1, 0.15) is 34.5 Å². The maximum atomic E-state index is 12.2. The molecule has 1 atom stereocenters. The van der Waals surface area contributed by atoms with Crippen LogP contribution in [0.4, 0.5) is 11.4 Å². The zero-order chi connectivity index (χ0) is 19.3. The molecule has 1 aliphatic heterocycles. The van der Waals surface area contributed by atoms with Gasteiger partial charge in [0.1, 0.15) is 6.10 Å². The van der Waals surface area contributed by atoms with E-state index in [1.54, 1.807) is 24.5 Å². The molecule has 0 saturated heterocycles. The van der Waals surface area contributed by atoms with Crippen molar-refractivity contribution in [2.45, 2.75) is 25.4 Å². The topological polar surface area (TPSA) is 63.6 Å². The fourth-order valence-electron chi connectivity index (χ4n) is 2.98. The number of carbonyl (C=O) groups excluding carboxylic acids is 1. The highest BCUT2D eigenvalue weighted by Gasteiger charge is 2.23. The third-order valence-corrected chi connectivity index (χ3v) is 5.73. The number of pyridine rings is 1. The number of oxime groups is 1. The van der Waals surface area contributed by atoms with Gasteiger partial charge in [-0.25, -0.2) is 0 Å². The maximum Gasteiger partial charge on any atom is 0.172 e. The number of aromatic nitrogens is 1. The van der Waals surface area contributed by atoms with Gasteiger partial charge in [-0.1, -0.05) is 28.9 Å². The minimum absolute atomic E-state index is 0.0657. The fraction of sp³-hybridized carbons (Fsp3) is 0.190. The van der Waals surface area contributed by atoms with Crippen LogP contribution in [0.5, 0.6) is 0 Å². The highest BCUT2D eigenvalue weighted by molar-refractivity contribution is 7.18. The number of thiophene rings is 1. The summed E-state index contributed by atoms with van der Waals surface area (Å²) in [5, 5.41) is 7.54. The summed E-state index contributed by atoms with van der Waals surface area (Å²) in [4.78, 5) is 22.4. The lowest BCUT2D eigenvalue weighted by atomic mass is 10.0. The van der Waals surface area contributed by atoms with Crippen LogP contribution in [-0.2, 0) is 4.84 Å². The maximum absolute atomic E-state index is 12.2. The molecule has 0 amide bonds. The third kappa shape index (κ3) is 4.58. The molecule has 1 aliphatic rings. The van der Waals surface area contributed by atoms with Gasteiger partial charge in [0.2, 0.25) is 0 Å². The molecule has 7 heteroatoms. The van der Waals surface area contributed by atoms with E-state index in [2.05, 4.69) is 15.5 Å². The van der Waals surface area contributed by atoms with Gasteiger partial charge in [0.05, 0.1) is 14.9 Å². The van der Waals surface area contributed by atoms with Crippen LogP contribution in [0.3, 0.4) is 0 Å². The van der Waals surface area contributed by atoms with Crippen molar-refractivity contribution in [2.24, 2.45) is 5.16 Å². The van der Waals surface area contributed by atoms with Gasteiger partial charge in [-0.2, -0.15) is 0 Å². The van der Waals surface area contributed by atoms with E-state index in [1.807, 2.05) is 36.4 Å². The number of nitrogens with one attached hydrogen (secondary N) is 1. The number of rotatable bonds is 7. The molecule has 0 spiro atoms. The number of hydrogen-bond acceptors (Lipinski definition) is 6. The van der Waals surface area contributed by atoms with Crippen LogP contribution >= 0.6 is 22.9 Å². The van der Waals surface area contributed by atoms with Crippen molar-refractivity contribution in [3.8, 4) is 0 Å². The first kappa shape index (κ1) is 18.7. The molecule has 5 nitrogen and oxygen atoms in total. The Morgan fingerprint density at radius 3 is 2.57 bits per heavy atom. The molecule has 3 heterocycles. The first-order chi connectivity index (χ1) is 13.7. The molecule has 3 aromatic rings. The molecule has 4 rings (SSSR count). The second-order valence-electron chi connectivity index (χ2n) is 6.47. The van der Waals surface area contributed by atoms with E-state index in [9.17, 15) is 4.79 Å². The predicted octanol–water partition coefficient (Wildman–Crippen LogP) is 5.70. The van der Waals surface area contributed by atoms with Crippen molar-refractivity contribution in [1.29, 1.82) is 0 Å². The second-order valence-corrected chi connectivity index (χ2v) is 8.19. The number of Topliss-reactive ketones (excluding diaryl/α,β-unsaturated/α-hetero) is 1. The largest absolute Gasteiger partial charge is 0.392 e. The van der Waals surface area contributed by atoms with Crippen molar-refractivity contribution in [2.75, 3.05) is 5.32 Å². The number of hydrogen-bond donors (Lipinski definition) is 1. The average Bonchev–Trinajstić information content (AvgIpc) is 3.37. The quantitative estimate of drug-likeness (QED) is 0.507. The summed E-state index contributed by atoms with van der Waals surface area (Å²) in [5.41, 5.74) is 3.92. The predicted molar refractivity (Wildman–Crippen MR) is 113 cm³/mol. The Labute approximate surface area is 172 Å². The van der Waals surface area contributed by atoms with Crippen LogP contribution in [-0.4, -0.2) is 22.6 Å². The summed E-state index contributed by atoms with van der Waals surface area (Å²) in [6.45, 7) is 0. The van der Waals surface area contributed by atoms with E-state index in [0.717, 1.165) is 22.6 Å². The van der Waals surface area contributed by atoms with E-state index >= 15 is 0 Å². The molecular formula is C21H18ClN3O2S. The van der Waals surface area contributed by atoms with Crippen LogP contribution in [0.25, 0.3) is 0 Å². The molecule has 1 N–H and O–H groups in total. The lowest BCUT2D eigenvalue weighted by Crippen LogP contribution is -2.11. The highest BCUT2D eigenvalue weighted by atomic mass is 35.5. The molecule has 28 heavy (non-hydrogen) atoms. The molecule has 1 unspecified atom stereocenters. The van der Waals surface area contributed by atoms with Gasteiger partial charge in [-0.15, -0.1) is 11.3 Å². The summed E-state index contributed by atoms with van der Waals surface area (Å²) in [6.07, 6.45) is 5.21. The minimum atomic E-state index is -0.0657. The average molecular weight is 412 g/mol. The Balaban J connectivity index is 1.29. The van der Waals surface area contributed by atoms with Gasteiger partial charge in [-0.05, 0) is 48.4 Å². The Morgan fingerprint density at radius 2 is 1.86 bits per heavy atom. The first-order valence-electron chi connectivity index (χ1n) is 8.96. The van der Waals surface area contributed by atoms with Crippen molar-refractivity contribution in [3.63, 3.8) is 0 Å². The molecule has 0 aliphatic carbocycles. The van der Waals surface area contributed by atoms with Gasteiger partial charge in [-0.3, -0.25) is 9.78 Å². The van der Waals surface area contributed by atoms with Gasteiger partial charge >= 0.3 is 0 Å². The lowest BCUT2D eigenvalue weighted by Gasteiger charge is -2.08. The zero-order valence-corrected chi connectivity index (χ0v) is 16.5. The first-order valence-corrected chi connectivity index (χ1v) is 10.2. The van der Waals surface area contributed by atoms with Crippen LogP contribution in [0, 0.1) is 0 Å². The second kappa shape index (κ2) is 8.54. The van der Waals surface area contributed by atoms with Crippen molar-refractivity contribution >= 4 is 45.8 Å². The number of carbonyl (C=O) groups is 1. The van der Waals surface area contributed by atoms with E-state index in [1.165, 1.54) is 11.3 Å². The van der Waals surface area contributed by atoms with Gasteiger partial charge in [0.25, 0.3) is 0 Å². The Kier molecular flexibility index (Phi) is 5.69.